The van der Waals surface area contributed by atoms with Crippen LogP contribution in [0.3, 0.4) is 0 Å². The van der Waals surface area contributed by atoms with Gasteiger partial charge in [-0.25, -0.2) is 0 Å². The molecule has 0 bridgehead atoms. The molecule has 1 aromatic rings. The van der Waals surface area contributed by atoms with Gasteiger partial charge in [0.1, 0.15) is 10.7 Å². The molecule has 5 heteroatoms. The highest BCUT2D eigenvalue weighted by Crippen LogP contribution is 2.19. The van der Waals surface area contributed by atoms with Gasteiger partial charge in [0.15, 0.2) is 0 Å². The van der Waals surface area contributed by atoms with Crippen molar-refractivity contribution in [2.45, 2.75) is 25.3 Å². The molecule has 0 saturated heterocycles. The lowest BCUT2D eigenvalue weighted by Crippen LogP contribution is -2.39. The fourth-order valence-electron chi connectivity index (χ4n) is 1.21. The Hall–Kier alpha value is -1.10. The van der Waals surface area contributed by atoms with Crippen LogP contribution in [0.15, 0.2) is 6.07 Å². The number of carbonyl (C=O) groups excluding carboxylic acids is 1. The molecular weight excluding hydrogens is 186 g/mol. The molecule has 0 unspecified atom stereocenters. The molecule has 1 saturated carbocycles. The van der Waals surface area contributed by atoms with Gasteiger partial charge < -0.3 is 11.1 Å². The molecule has 0 spiro atoms. The summed E-state index contributed by atoms with van der Waals surface area (Å²) in [6.07, 6.45) is 3.39. The van der Waals surface area contributed by atoms with Crippen LogP contribution < -0.4 is 11.1 Å². The number of nitrogen functional groups attached to an aromatic ring is 1. The van der Waals surface area contributed by atoms with E-state index in [4.69, 9.17) is 5.73 Å². The number of nitrogens with one attached hydrogen (secondary N) is 1. The van der Waals surface area contributed by atoms with Crippen molar-refractivity contribution in [3.05, 3.63) is 11.8 Å². The Kier molecular flexibility index (Phi) is 2.18. The van der Waals surface area contributed by atoms with Crippen molar-refractivity contribution < 1.29 is 4.79 Å². The number of amides is 1. The molecule has 0 radical (unpaired) electrons. The van der Waals surface area contributed by atoms with E-state index in [0.29, 0.717) is 16.7 Å². The minimum atomic E-state index is -0.0994. The number of aromatic nitrogens is 1. The van der Waals surface area contributed by atoms with Crippen LogP contribution in [0, 0.1) is 0 Å². The summed E-state index contributed by atoms with van der Waals surface area (Å²) >= 11 is 1.15. The predicted octanol–water partition coefficient (Wildman–Crippen LogP) is 1.01. The maximum absolute atomic E-state index is 11.4. The Bertz CT molecular complexity index is 319. The van der Waals surface area contributed by atoms with Gasteiger partial charge in [-0.3, -0.25) is 4.79 Å². The number of anilines is 1. The molecule has 2 rings (SSSR count). The van der Waals surface area contributed by atoms with Gasteiger partial charge in [-0.15, -0.1) is 0 Å². The van der Waals surface area contributed by atoms with E-state index < -0.39 is 0 Å². The predicted molar refractivity (Wildman–Crippen MR) is 51.6 cm³/mol. The van der Waals surface area contributed by atoms with Gasteiger partial charge in [0, 0.05) is 12.1 Å². The Morgan fingerprint density at radius 2 is 2.46 bits per heavy atom. The molecule has 0 aliphatic heterocycles. The summed E-state index contributed by atoms with van der Waals surface area (Å²) in [6.45, 7) is 0. The van der Waals surface area contributed by atoms with E-state index in [1.165, 1.54) is 6.42 Å². The fourth-order valence-corrected chi connectivity index (χ4v) is 1.71. The first-order chi connectivity index (χ1) is 6.25. The Balaban J connectivity index is 1.96. The summed E-state index contributed by atoms with van der Waals surface area (Å²) in [6, 6.07) is 1.97. The molecule has 4 nitrogen and oxygen atoms in total. The quantitative estimate of drug-likeness (QED) is 0.743. The molecule has 1 aliphatic rings. The second-order valence-electron chi connectivity index (χ2n) is 3.22. The topological polar surface area (TPSA) is 68.0 Å². The van der Waals surface area contributed by atoms with Gasteiger partial charge in [-0.1, -0.05) is 0 Å². The largest absolute Gasteiger partial charge is 0.389 e. The van der Waals surface area contributed by atoms with Gasteiger partial charge in [0.2, 0.25) is 0 Å². The van der Waals surface area contributed by atoms with Crippen LogP contribution in [-0.2, 0) is 0 Å². The van der Waals surface area contributed by atoms with Crippen molar-refractivity contribution in [1.29, 1.82) is 0 Å². The van der Waals surface area contributed by atoms with E-state index in [2.05, 4.69) is 9.69 Å². The second-order valence-corrected chi connectivity index (χ2v) is 4.05. The smallest absolute Gasteiger partial charge is 0.271 e. The summed E-state index contributed by atoms with van der Waals surface area (Å²) in [4.78, 5) is 11.4. The van der Waals surface area contributed by atoms with Crippen LogP contribution in [-0.4, -0.2) is 16.3 Å². The molecule has 1 fully saturated rings. The number of nitrogens with zero attached hydrogens (tertiary/aromatic N) is 1. The third-order valence-corrected chi connectivity index (χ3v) is 2.82. The molecule has 1 amide bonds. The molecule has 0 aromatic carbocycles. The molecular formula is C8H11N3OS. The van der Waals surface area contributed by atoms with Crippen molar-refractivity contribution in [2.24, 2.45) is 0 Å². The third-order valence-electron chi connectivity index (χ3n) is 2.20. The maximum atomic E-state index is 11.4. The minimum Gasteiger partial charge on any atom is -0.389 e. The van der Waals surface area contributed by atoms with E-state index in [-0.39, 0.29) is 5.91 Å². The highest BCUT2D eigenvalue weighted by Gasteiger charge is 2.21. The molecule has 3 N–H and O–H groups in total. The average Bonchev–Trinajstić information content (AvgIpc) is 2.44. The first kappa shape index (κ1) is 8.50. The highest BCUT2D eigenvalue weighted by molar-refractivity contribution is 7.10. The minimum absolute atomic E-state index is 0.0994. The lowest BCUT2D eigenvalue weighted by molar-refractivity contribution is 0.0913. The van der Waals surface area contributed by atoms with E-state index in [9.17, 15) is 4.79 Å². The first-order valence-electron chi connectivity index (χ1n) is 4.29. The number of rotatable bonds is 2. The number of nitrogens with two attached hydrogens (primary N) is 1. The van der Waals surface area contributed by atoms with Gasteiger partial charge in [-0.2, -0.15) is 4.37 Å². The van der Waals surface area contributed by atoms with Crippen LogP contribution in [0.5, 0.6) is 0 Å². The SMILES string of the molecule is Nc1cc(C(=O)NC2CCC2)ns1. The standard InChI is InChI=1S/C8H11N3OS/c9-7-4-6(11-13-7)8(12)10-5-2-1-3-5/h4-5H,1-3,9H2,(H,10,12). The Morgan fingerprint density at radius 1 is 1.69 bits per heavy atom. The summed E-state index contributed by atoms with van der Waals surface area (Å²) in [5.74, 6) is -0.0994. The zero-order chi connectivity index (χ0) is 9.26. The zero-order valence-corrected chi connectivity index (χ0v) is 7.93. The van der Waals surface area contributed by atoms with Crippen molar-refractivity contribution >= 4 is 22.4 Å². The first-order valence-corrected chi connectivity index (χ1v) is 5.06. The van der Waals surface area contributed by atoms with Gasteiger partial charge in [0.25, 0.3) is 5.91 Å². The maximum Gasteiger partial charge on any atom is 0.271 e. The van der Waals surface area contributed by atoms with E-state index in [0.717, 1.165) is 24.4 Å². The number of hydrogen-bond donors (Lipinski definition) is 2. The monoisotopic (exact) mass is 197 g/mol. The van der Waals surface area contributed by atoms with Crippen LogP contribution in [0.1, 0.15) is 29.8 Å². The second kappa shape index (κ2) is 3.33. The molecule has 1 aliphatic carbocycles. The van der Waals surface area contributed by atoms with Gasteiger partial charge in [-0.05, 0) is 30.8 Å². The lowest BCUT2D eigenvalue weighted by atomic mass is 9.93. The van der Waals surface area contributed by atoms with Crippen molar-refractivity contribution in [1.82, 2.24) is 9.69 Å². The normalized spacial score (nSPS) is 16.6. The number of carbonyl (C=O) groups is 1. The summed E-state index contributed by atoms with van der Waals surface area (Å²) in [7, 11) is 0. The molecule has 1 aromatic heterocycles. The van der Waals surface area contributed by atoms with E-state index in [1.807, 2.05) is 0 Å². The highest BCUT2D eigenvalue weighted by atomic mass is 32.1. The Labute approximate surface area is 80.3 Å². The number of hydrogen-bond acceptors (Lipinski definition) is 4. The molecule has 0 atom stereocenters. The van der Waals surface area contributed by atoms with Crippen molar-refractivity contribution in [3.8, 4) is 0 Å². The third kappa shape index (κ3) is 1.80. The summed E-state index contributed by atoms with van der Waals surface area (Å²) < 4.78 is 3.93. The van der Waals surface area contributed by atoms with Crippen LogP contribution >= 0.6 is 11.5 Å². The van der Waals surface area contributed by atoms with Gasteiger partial charge >= 0.3 is 0 Å². The molecule has 13 heavy (non-hydrogen) atoms. The average molecular weight is 197 g/mol. The fraction of sp³-hybridized carbons (Fsp3) is 0.500. The Morgan fingerprint density at radius 3 is 2.92 bits per heavy atom. The van der Waals surface area contributed by atoms with Crippen LogP contribution in [0.4, 0.5) is 5.00 Å². The van der Waals surface area contributed by atoms with Crippen LogP contribution in [0.2, 0.25) is 0 Å². The zero-order valence-electron chi connectivity index (χ0n) is 7.12. The van der Waals surface area contributed by atoms with Crippen molar-refractivity contribution in [3.63, 3.8) is 0 Å². The summed E-state index contributed by atoms with van der Waals surface area (Å²) in [5.41, 5.74) is 5.91. The lowest BCUT2D eigenvalue weighted by Gasteiger charge is -2.25. The van der Waals surface area contributed by atoms with Gasteiger partial charge in [0.05, 0.1) is 0 Å². The summed E-state index contributed by atoms with van der Waals surface area (Å²) in [5, 5.41) is 3.48. The molecule has 1 heterocycles. The van der Waals surface area contributed by atoms with Crippen LogP contribution in [0.25, 0.3) is 0 Å². The van der Waals surface area contributed by atoms with E-state index >= 15 is 0 Å². The molecule has 70 valence electrons. The van der Waals surface area contributed by atoms with Crippen molar-refractivity contribution in [2.75, 3.05) is 5.73 Å². The van der Waals surface area contributed by atoms with E-state index in [1.54, 1.807) is 6.07 Å².